The Hall–Kier alpha value is -2.42. The fourth-order valence-electron chi connectivity index (χ4n) is 3.16. The molecule has 0 aliphatic heterocycles. The van der Waals surface area contributed by atoms with E-state index in [4.69, 9.17) is 4.74 Å². The van der Waals surface area contributed by atoms with Crippen LogP contribution >= 0.6 is 0 Å². The van der Waals surface area contributed by atoms with Gasteiger partial charge in [0.1, 0.15) is 6.73 Å². The molecule has 2 aromatic heterocycles. The number of rotatable bonds is 10. The maximum absolute atomic E-state index is 12.6. The van der Waals surface area contributed by atoms with Crippen LogP contribution < -0.4 is 11.2 Å². The summed E-state index contributed by atoms with van der Waals surface area (Å²) < 4.78 is 9.89. The van der Waals surface area contributed by atoms with E-state index >= 15 is 0 Å². The zero-order valence-corrected chi connectivity index (χ0v) is 17.5. The topological polar surface area (TPSA) is 91.4 Å². The molecule has 0 unspecified atom stereocenters. The van der Waals surface area contributed by atoms with Crippen LogP contribution in [-0.2, 0) is 29.9 Å². The molecular weight excluding hydrogens is 362 g/mol. The third-order valence-electron chi connectivity index (χ3n) is 4.67. The van der Waals surface area contributed by atoms with Crippen molar-refractivity contribution in [1.82, 2.24) is 23.6 Å². The molecule has 0 saturated carbocycles. The predicted octanol–water partition coefficient (Wildman–Crippen LogP) is 1.18. The summed E-state index contributed by atoms with van der Waals surface area (Å²) in [5.41, 5.74) is -0.0332. The Kier molecular flexibility index (Phi) is 7.56. The second-order valence-electron chi connectivity index (χ2n) is 7.24. The number of imidazole rings is 1. The summed E-state index contributed by atoms with van der Waals surface area (Å²) in [6.07, 6.45) is 2.56. The highest BCUT2D eigenvalue weighted by atomic mass is 16.5. The first-order chi connectivity index (χ1) is 13.3. The average molecular weight is 393 g/mol. The van der Waals surface area contributed by atoms with Crippen molar-refractivity contribution in [2.24, 2.45) is 13.0 Å². The number of amides is 1. The summed E-state index contributed by atoms with van der Waals surface area (Å²) >= 11 is 0. The number of hydrogen-bond donors (Lipinski definition) is 0. The van der Waals surface area contributed by atoms with Gasteiger partial charge in [0.05, 0.1) is 6.33 Å². The van der Waals surface area contributed by atoms with Gasteiger partial charge in [-0.05, 0) is 26.2 Å². The molecule has 2 rings (SSSR count). The van der Waals surface area contributed by atoms with Gasteiger partial charge >= 0.3 is 5.69 Å². The van der Waals surface area contributed by atoms with Crippen LogP contribution in [0.15, 0.2) is 15.9 Å². The van der Waals surface area contributed by atoms with E-state index in [0.717, 1.165) is 4.57 Å². The lowest BCUT2D eigenvalue weighted by Crippen LogP contribution is -2.39. The fraction of sp³-hybridized carbons (Fsp3) is 0.684. The number of nitrogens with zero attached hydrogens (tertiary/aromatic N) is 5. The minimum absolute atomic E-state index is 0.119. The Morgan fingerprint density at radius 1 is 1.25 bits per heavy atom. The Morgan fingerprint density at radius 2 is 1.93 bits per heavy atom. The van der Waals surface area contributed by atoms with Crippen molar-refractivity contribution in [3.05, 3.63) is 27.2 Å². The molecule has 0 saturated heterocycles. The summed E-state index contributed by atoms with van der Waals surface area (Å²) in [6.45, 7) is 10.4. The molecule has 9 nitrogen and oxygen atoms in total. The van der Waals surface area contributed by atoms with E-state index in [-0.39, 0.29) is 24.2 Å². The van der Waals surface area contributed by atoms with Gasteiger partial charge in [0.15, 0.2) is 11.2 Å². The van der Waals surface area contributed by atoms with Gasteiger partial charge in [-0.1, -0.05) is 13.8 Å². The molecule has 28 heavy (non-hydrogen) atoms. The third-order valence-corrected chi connectivity index (χ3v) is 4.67. The molecule has 2 aromatic rings. The number of aromatic nitrogens is 4. The first kappa shape index (κ1) is 21.9. The molecule has 0 bridgehead atoms. The molecule has 1 amide bonds. The van der Waals surface area contributed by atoms with Gasteiger partial charge in [0.25, 0.3) is 5.56 Å². The molecular formula is C19H31N5O4. The third kappa shape index (κ3) is 4.70. The zero-order valence-electron chi connectivity index (χ0n) is 17.5. The lowest BCUT2D eigenvalue weighted by atomic mass is 10.2. The average Bonchev–Trinajstić information content (AvgIpc) is 3.08. The summed E-state index contributed by atoms with van der Waals surface area (Å²) in [5, 5.41) is 0. The number of carbonyl (C=O) groups excluding carboxylic acids is 1. The largest absolute Gasteiger partial charge is 0.361 e. The second-order valence-corrected chi connectivity index (χ2v) is 7.24. The van der Waals surface area contributed by atoms with Gasteiger partial charge in [0.2, 0.25) is 5.91 Å². The number of ether oxygens (including phenoxy) is 1. The molecule has 0 aliphatic rings. The maximum atomic E-state index is 12.6. The molecule has 156 valence electrons. The van der Waals surface area contributed by atoms with Crippen LogP contribution in [0.2, 0.25) is 0 Å². The zero-order chi connectivity index (χ0) is 20.8. The van der Waals surface area contributed by atoms with Gasteiger partial charge in [-0.25, -0.2) is 9.78 Å². The van der Waals surface area contributed by atoms with Crippen molar-refractivity contribution in [2.45, 2.75) is 53.8 Å². The number of hydrogen-bond acceptors (Lipinski definition) is 5. The molecule has 0 aliphatic carbocycles. The SMILES string of the molecule is CCN(CC)C(=O)CCCOCn1cnc2c1c(=O)n(C)c(=O)n2CC(C)C. The lowest BCUT2D eigenvalue weighted by Gasteiger charge is -2.18. The second kappa shape index (κ2) is 9.68. The normalized spacial score (nSPS) is 11.5. The van der Waals surface area contributed by atoms with E-state index in [0.29, 0.717) is 50.2 Å². The summed E-state index contributed by atoms with van der Waals surface area (Å²) in [5.74, 6) is 0.358. The van der Waals surface area contributed by atoms with E-state index in [1.165, 1.54) is 17.9 Å². The Balaban J connectivity index is 2.08. The van der Waals surface area contributed by atoms with Crippen LogP contribution in [0.4, 0.5) is 0 Å². The monoisotopic (exact) mass is 393 g/mol. The van der Waals surface area contributed by atoms with Gasteiger partial charge in [-0.3, -0.25) is 18.7 Å². The fourth-order valence-corrected chi connectivity index (χ4v) is 3.16. The van der Waals surface area contributed by atoms with Crippen LogP contribution in [0.1, 0.15) is 40.5 Å². The highest BCUT2D eigenvalue weighted by molar-refractivity contribution is 5.76. The molecule has 0 atom stereocenters. The predicted molar refractivity (Wildman–Crippen MR) is 107 cm³/mol. The van der Waals surface area contributed by atoms with Gasteiger partial charge in [-0.2, -0.15) is 0 Å². The maximum Gasteiger partial charge on any atom is 0.332 e. The van der Waals surface area contributed by atoms with Crippen molar-refractivity contribution >= 4 is 17.1 Å². The lowest BCUT2D eigenvalue weighted by molar-refractivity contribution is -0.131. The van der Waals surface area contributed by atoms with Crippen LogP contribution in [0, 0.1) is 5.92 Å². The van der Waals surface area contributed by atoms with Crippen molar-refractivity contribution in [3.8, 4) is 0 Å². The Morgan fingerprint density at radius 3 is 2.54 bits per heavy atom. The van der Waals surface area contributed by atoms with Crippen molar-refractivity contribution in [3.63, 3.8) is 0 Å². The smallest absolute Gasteiger partial charge is 0.332 e. The van der Waals surface area contributed by atoms with Crippen molar-refractivity contribution < 1.29 is 9.53 Å². The first-order valence-electron chi connectivity index (χ1n) is 9.81. The van der Waals surface area contributed by atoms with Crippen molar-refractivity contribution in [1.29, 1.82) is 0 Å². The standard InChI is InChI=1S/C19H31N5O4/c1-6-22(7-2)15(25)9-8-10-28-13-23-12-20-17-16(23)18(26)21(5)19(27)24(17)11-14(3)4/h12,14H,6-11,13H2,1-5H3. The number of carbonyl (C=O) groups is 1. The molecule has 0 fully saturated rings. The number of fused-ring (bicyclic) bond motifs is 1. The highest BCUT2D eigenvalue weighted by Crippen LogP contribution is 2.09. The van der Waals surface area contributed by atoms with E-state index < -0.39 is 5.56 Å². The van der Waals surface area contributed by atoms with Gasteiger partial charge in [-0.15, -0.1) is 0 Å². The summed E-state index contributed by atoms with van der Waals surface area (Å²) in [7, 11) is 1.47. The van der Waals surface area contributed by atoms with Crippen LogP contribution in [-0.4, -0.2) is 49.2 Å². The molecule has 0 spiro atoms. The van der Waals surface area contributed by atoms with Crippen molar-refractivity contribution in [2.75, 3.05) is 19.7 Å². The Bertz CT molecular complexity index is 921. The highest BCUT2D eigenvalue weighted by Gasteiger charge is 2.17. The minimum Gasteiger partial charge on any atom is -0.361 e. The van der Waals surface area contributed by atoms with Crippen LogP contribution in [0.25, 0.3) is 11.2 Å². The van der Waals surface area contributed by atoms with Crippen LogP contribution in [0.3, 0.4) is 0 Å². The summed E-state index contributed by atoms with van der Waals surface area (Å²) in [4.78, 5) is 43.1. The molecule has 9 heteroatoms. The molecule has 0 radical (unpaired) electrons. The van der Waals surface area contributed by atoms with Gasteiger partial charge < -0.3 is 14.2 Å². The molecule has 2 heterocycles. The van der Waals surface area contributed by atoms with Crippen LogP contribution in [0.5, 0.6) is 0 Å². The summed E-state index contributed by atoms with van der Waals surface area (Å²) in [6, 6.07) is 0. The first-order valence-corrected chi connectivity index (χ1v) is 9.81. The quantitative estimate of drug-likeness (QED) is 0.565. The minimum atomic E-state index is -0.391. The molecule has 0 aromatic carbocycles. The van der Waals surface area contributed by atoms with E-state index in [1.54, 1.807) is 9.47 Å². The Labute approximate surface area is 164 Å². The van der Waals surface area contributed by atoms with Gasteiger partial charge in [0, 0.05) is 39.7 Å². The van der Waals surface area contributed by atoms with E-state index in [1.807, 2.05) is 27.7 Å². The van der Waals surface area contributed by atoms with E-state index in [2.05, 4.69) is 4.98 Å². The molecule has 0 N–H and O–H groups in total. The van der Waals surface area contributed by atoms with E-state index in [9.17, 15) is 14.4 Å².